The predicted molar refractivity (Wildman–Crippen MR) is 102 cm³/mol. The number of nitrogens with one attached hydrogen (secondary N) is 1. The molecule has 0 radical (unpaired) electrons. The van der Waals surface area contributed by atoms with Crippen molar-refractivity contribution in [3.8, 4) is 11.3 Å². The summed E-state index contributed by atoms with van der Waals surface area (Å²) in [6.45, 7) is 4.31. The summed E-state index contributed by atoms with van der Waals surface area (Å²) in [7, 11) is 1.60. The van der Waals surface area contributed by atoms with E-state index in [0.717, 1.165) is 12.0 Å². The number of likely N-dealkylation sites (N-methyl/N-ethyl adjacent to an activating group) is 1. The van der Waals surface area contributed by atoms with Gasteiger partial charge in [-0.2, -0.15) is 0 Å². The van der Waals surface area contributed by atoms with Gasteiger partial charge < -0.3 is 14.7 Å². The Kier molecular flexibility index (Phi) is 5.49. The van der Waals surface area contributed by atoms with Gasteiger partial charge in [-0.1, -0.05) is 42.4 Å². The summed E-state index contributed by atoms with van der Waals surface area (Å²) < 4.78 is 5.30. The quantitative estimate of drug-likeness (QED) is 0.725. The molecule has 3 aromatic rings. The van der Waals surface area contributed by atoms with E-state index in [1.807, 2.05) is 37.3 Å². The van der Waals surface area contributed by atoms with Crippen LogP contribution in [0, 0.1) is 6.92 Å². The highest BCUT2D eigenvalue weighted by Crippen LogP contribution is 2.27. The van der Waals surface area contributed by atoms with E-state index in [-0.39, 0.29) is 18.4 Å². The average Bonchev–Trinajstić information content (AvgIpc) is 3.06. The maximum Gasteiger partial charge on any atom is 0.259 e. The average molecular weight is 366 g/mol. The molecule has 2 aromatic heterocycles. The lowest BCUT2D eigenvalue weighted by Gasteiger charge is -2.17. The normalized spacial score (nSPS) is 10.8. The van der Waals surface area contributed by atoms with Gasteiger partial charge >= 0.3 is 0 Å². The maximum absolute atomic E-state index is 13.1. The molecule has 0 saturated carbocycles. The number of fused-ring (bicyclic) bond motifs is 1. The van der Waals surface area contributed by atoms with Gasteiger partial charge in [-0.05, 0) is 19.4 Å². The van der Waals surface area contributed by atoms with Crippen molar-refractivity contribution in [2.24, 2.45) is 0 Å². The Balaban J connectivity index is 1.98. The highest BCUT2D eigenvalue weighted by molar-refractivity contribution is 6.07. The van der Waals surface area contributed by atoms with Crippen LogP contribution in [0.4, 0.5) is 0 Å². The van der Waals surface area contributed by atoms with Gasteiger partial charge in [-0.25, -0.2) is 4.98 Å². The van der Waals surface area contributed by atoms with Crippen LogP contribution in [0.2, 0.25) is 0 Å². The van der Waals surface area contributed by atoms with Crippen LogP contribution in [0.5, 0.6) is 0 Å². The first-order chi connectivity index (χ1) is 13.0. The summed E-state index contributed by atoms with van der Waals surface area (Å²) in [6, 6.07) is 11.3. The molecule has 0 atom stereocenters. The zero-order valence-corrected chi connectivity index (χ0v) is 15.7. The van der Waals surface area contributed by atoms with Crippen LogP contribution < -0.4 is 5.32 Å². The van der Waals surface area contributed by atoms with Crippen LogP contribution in [-0.4, -0.2) is 47.0 Å². The number of hydrogen-bond donors (Lipinski definition) is 1. The topological polar surface area (TPSA) is 88.3 Å². The maximum atomic E-state index is 13.1. The smallest absolute Gasteiger partial charge is 0.259 e. The fraction of sp³-hybridized carbons (Fsp3) is 0.300. The largest absolute Gasteiger partial charge is 0.355 e. The lowest BCUT2D eigenvalue weighted by Crippen LogP contribution is -2.38. The third kappa shape index (κ3) is 3.97. The molecule has 1 aromatic carbocycles. The van der Waals surface area contributed by atoms with Gasteiger partial charge in [0.2, 0.25) is 5.91 Å². The Morgan fingerprint density at radius 3 is 2.67 bits per heavy atom. The number of hydrogen-bond acceptors (Lipinski definition) is 5. The number of aryl methyl sites for hydroxylation is 1. The van der Waals surface area contributed by atoms with Gasteiger partial charge in [0.05, 0.1) is 28.9 Å². The first-order valence-electron chi connectivity index (χ1n) is 8.86. The van der Waals surface area contributed by atoms with Crippen molar-refractivity contribution < 1.29 is 14.1 Å². The molecular formula is C20H22N4O3. The van der Waals surface area contributed by atoms with Crippen molar-refractivity contribution in [3.63, 3.8) is 0 Å². The van der Waals surface area contributed by atoms with Crippen LogP contribution >= 0.6 is 0 Å². The van der Waals surface area contributed by atoms with Crippen LogP contribution in [-0.2, 0) is 4.79 Å². The Labute approximate surface area is 157 Å². The zero-order chi connectivity index (χ0) is 19.4. The number of carbonyl (C=O) groups excluding carboxylic acids is 2. The van der Waals surface area contributed by atoms with E-state index >= 15 is 0 Å². The molecule has 0 aliphatic rings. The number of pyridine rings is 1. The summed E-state index contributed by atoms with van der Waals surface area (Å²) >= 11 is 0. The standard InChI is InChI=1S/C20H22N4O3/c1-4-10-21-17(25)12-24(3)20(26)15-11-16(14-8-6-5-7-9-14)22-19-18(15)13(2)23-27-19/h5-9,11H,4,10,12H2,1-3H3,(H,21,25). The molecule has 7 nitrogen and oxygen atoms in total. The monoisotopic (exact) mass is 366 g/mol. The van der Waals surface area contributed by atoms with E-state index in [0.29, 0.717) is 34.6 Å². The van der Waals surface area contributed by atoms with Crippen molar-refractivity contribution in [3.05, 3.63) is 47.7 Å². The van der Waals surface area contributed by atoms with Crippen LogP contribution in [0.1, 0.15) is 29.4 Å². The molecule has 0 spiro atoms. The second-order valence-electron chi connectivity index (χ2n) is 6.38. The van der Waals surface area contributed by atoms with Crippen LogP contribution in [0.3, 0.4) is 0 Å². The Morgan fingerprint density at radius 1 is 1.22 bits per heavy atom. The van der Waals surface area contributed by atoms with Crippen molar-refractivity contribution in [2.45, 2.75) is 20.3 Å². The van der Waals surface area contributed by atoms with Gasteiger partial charge in [-0.15, -0.1) is 0 Å². The summed E-state index contributed by atoms with van der Waals surface area (Å²) in [5, 5.41) is 7.29. The summed E-state index contributed by atoms with van der Waals surface area (Å²) in [4.78, 5) is 30.9. The van der Waals surface area contributed by atoms with Gasteiger partial charge in [0.25, 0.3) is 11.6 Å². The number of aromatic nitrogens is 2. The molecule has 2 amide bonds. The van der Waals surface area contributed by atoms with Gasteiger partial charge in [-0.3, -0.25) is 9.59 Å². The molecule has 3 rings (SSSR count). The minimum absolute atomic E-state index is 0.0202. The molecule has 7 heteroatoms. The van der Waals surface area contributed by atoms with E-state index < -0.39 is 0 Å². The molecule has 0 bridgehead atoms. The van der Waals surface area contributed by atoms with Crippen LogP contribution in [0.15, 0.2) is 40.9 Å². The number of benzene rings is 1. The minimum Gasteiger partial charge on any atom is -0.355 e. The Bertz CT molecular complexity index is 966. The molecule has 140 valence electrons. The minimum atomic E-state index is -0.280. The molecule has 2 heterocycles. The lowest BCUT2D eigenvalue weighted by molar-refractivity contribution is -0.121. The second-order valence-corrected chi connectivity index (χ2v) is 6.38. The third-order valence-electron chi connectivity index (χ3n) is 4.22. The molecule has 27 heavy (non-hydrogen) atoms. The van der Waals surface area contributed by atoms with E-state index in [1.54, 1.807) is 20.0 Å². The van der Waals surface area contributed by atoms with Crippen molar-refractivity contribution in [2.75, 3.05) is 20.1 Å². The lowest BCUT2D eigenvalue weighted by atomic mass is 10.0. The summed E-state index contributed by atoms with van der Waals surface area (Å²) in [6.07, 6.45) is 0.842. The molecule has 0 aliphatic carbocycles. The zero-order valence-electron chi connectivity index (χ0n) is 15.7. The fourth-order valence-electron chi connectivity index (χ4n) is 2.83. The molecular weight excluding hydrogens is 344 g/mol. The number of carbonyl (C=O) groups is 2. The Hall–Kier alpha value is -3.22. The number of nitrogens with zero attached hydrogens (tertiary/aromatic N) is 3. The first-order valence-corrected chi connectivity index (χ1v) is 8.86. The summed E-state index contributed by atoms with van der Waals surface area (Å²) in [5.41, 5.74) is 2.80. The third-order valence-corrected chi connectivity index (χ3v) is 4.22. The van der Waals surface area contributed by atoms with E-state index in [1.165, 1.54) is 4.90 Å². The molecule has 1 N–H and O–H groups in total. The van der Waals surface area contributed by atoms with Crippen molar-refractivity contribution in [1.29, 1.82) is 0 Å². The summed E-state index contributed by atoms with van der Waals surface area (Å²) in [5.74, 6) is -0.471. The highest BCUT2D eigenvalue weighted by Gasteiger charge is 2.22. The molecule has 0 saturated heterocycles. The second kappa shape index (κ2) is 7.99. The number of rotatable bonds is 6. The van der Waals surface area contributed by atoms with Gasteiger partial charge in [0, 0.05) is 19.2 Å². The van der Waals surface area contributed by atoms with E-state index in [2.05, 4.69) is 15.5 Å². The van der Waals surface area contributed by atoms with Crippen LogP contribution in [0.25, 0.3) is 22.4 Å². The first kappa shape index (κ1) is 18.6. The van der Waals surface area contributed by atoms with E-state index in [9.17, 15) is 9.59 Å². The number of amides is 2. The predicted octanol–water partition coefficient (Wildman–Crippen LogP) is 2.80. The van der Waals surface area contributed by atoms with Crippen molar-refractivity contribution >= 4 is 22.9 Å². The molecule has 0 aliphatic heterocycles. The fourth-order valence-corrected chi connectivity index (χ4v) is 2.83. The van der Waals surface area contributed by atoms with Gasteiger partial charge in [0.15, 0.2) is 0 Å². The van der Waals surface area contributed by atoms with Gasteiger partial charge in [0.1, 0.15) is 0 Å². The van der Waals surface area contributed by atoms with Crippen molar-refractivity contribution in [1.82, 2.24) is 20.4 Å². The highest BCUT2D eigenvalue weighted by atomic mass is 16.5. The molecule has 0 unspecified atom stereocenters. The Morgan fingerprint density at radius 2 is 1.96 bits per heavy atom. The van der Waals surface area contributed by atoms with E-state index in [4.69, 9.17) is 4.52 Å². The molecule has 0 fully saturated rings. The SMILES string of the molecule is CCCNC(=O)CN(C)C(=O)c1cc(-c2ccccc2)nc2onc(C)c12.